The number of amides is 1. The van der Waals surface area contributed by atoms with Crippen molar-refractivity contribution in [1.29, 1.82) is 0 Å². The Kier molecular flexibility index (Phi) is 7.42. The van der Waals surface area contributed by atoms with Crippen molar-refractivity contribution in [3.63, 3.8) is 0 Å². The van der Waals surface area contributed by atoms with E-state index in [1.165, 1.54) is 5.56 Å². The molecule has 1 saturated heterocycles. The number of hydrogen-bond acceptors (Lipinski definition) is 5. The fourth-order valence-corrected chi connectivity index (χ4v) is 4.83. The Hall–Kier alpha value is -3.30. The third kappa shape index (κ3) is 6.27. The Labute approximate surface area is 213 Å². The van der Waals surface area contributed by atoms with Crippen LogP contribution in [0.4, 0.5) is 0 Å². The maximum Gasteiger partial charge on any atom is 0.253 e. The second-order valence-corrected chi connectivity index (χ2v) is 12.0. The van der Waals surface area contributed by atoms with Gasteiger partial charge in [-0.3, -0.25) is 4.79 Å². The Morgan fingerprint density at radius 3 is 2.47 bits per heavy atom. The van der Waals surface area contributed by atoms with Gasteiger partial charge >= 0.3 is 0 Å². The molecular weight excluding hydrogens is 474 g/mol. The summed E-state index contributed by atoms with van der Waals surface area (Å²) in [5.74, 6) is 0.0477. The second kappa shape index (κ2) is 10.4. The molecule has 1 aromatic heterocycles. The van der Waals surface area contributed by atoms with Gasteiger partial charge < -0.3 is 4.90 Å². The number of carbonyl (C=O) groups is 1. The van der Waals surface area contributed by atoms with Crippen LogP contribution in [0.15, 0.2) is 66.7 Å². The van der Waals surface area contributed by atoms with E-state index in [0.717, 1.165) is 28.6 Å². The number of hydrogen-bond donors (Lipinski definition) is 1. The quantitative estimate of drug-likeness (QED) is 0.500. The summed E-state index contributed by atoms with van der Waals surface area (Å²) in [4.78, 5) is 14.7. The minimum absolute atomic E-state index is 0.0441. The van der Waals surface area contributed by atoms with Crippen LogP contribution >= 0.6 is 0 Å². The van der Waals surface area contributed by atoms with Crippen LogP contribution in [0.3, 0.4) is 0 Å². The number of nitrogens with one attached hydrogen (secondary N) is 1. The standard InChI is InChI=1S/C27H33N5O3S/c1-5-36(34,35)28-16-21-14-15-31(17-21)26(33)23-8-6-20(7-9-23)18-32-19-25(29-30-32)22-10-12-24(13-11-22)27(2,3)4/h5-13,19,21,28H,1,14-18H2,2-4H3/t21-/m1/s1. The van der Waals surface area contributed by atoms with E-state index in [4.69, 9.17) is 0 Å². The van der Waals surface area contributed by atoms with Crippen molar-refractivity contribution in [3.8, 4) is 11.3 Å². The molecule has 9 heteroatoms. The first-order valence-electron chi connectivity index (χ1n) is 12.1. The average molecular weight is 508 g/mol. The summed E-state index contributed by atoms with van der Waals surface area (Å²) in [7, 11) is -3.45. The third-order valence-electron chi connectivity index (χ3n) is 6.50. The van der Waals surface area contributed by atoms with E-state index in [1.54, 1.807) is 9.58 Å². The molecule has 1 N–H and O–H groups in total. The first-order valence-corrected chi connectivity index (χ1v) is 13.6. The van der Waals surface area contributed by atoms with Crippen LogP contribution in [-0.2, 0) is 22.0 Å². The van der Waals surface area contributed by atoms with E-state index in [2.05, 4.69) is 66.6 Å². The van der Waals surface area contributed by atoms with E-state index in [0.29, 0.717) is 31.7 Å². The monoisotopic (exact) mass is 507 g/mol. The van der Waals surface area contributed by atoms with Gasteiger partial charge in [-0.15, -0.1) is 5.10 Å². The lowest BCUT2D eigenvalue weighted by Gasteiger charge is -2.18. The number of nitrogens with zero attached hydrogens (tertiary/aromatic N) is 4. The van der Waals surface area contributed by atoms with Crippen molar-refractivity contribution in [2.24, 2.45) is 5.92 Å². The lowest BCUT2D eigenvalue weighted by molar-refractivity contribution is 0.0787. The number of carbonyl (C=O) groups excluding carboxylic acids is 1. The van der Waals surface area contributed by atoms with Gasteiger partial charge in [0.25, 0.3) is 5.91 Å². The number of likely N-dealkylation sites (tertiary alicyclic amines) is 1. The van der Waals surface area contributed by atoms with Gasteiger partial charge in [0, 0.05) is 36.2 Å². The van der Waals surface area contributed by atoms with Crippen LogP contribution in [-0.4, -0.2) is 53.9 Å². The van der Waals surface area contributed by atoms with Crippen molar-refractivity contribution in [2.45, 2.75) is 39.2 Å². The zero-order chi connectivity index (χ0) is 25.9. The summed E-state index contributed by atoms with van der Waals surface area (Å²) < 4.78 is 27.4. The highest BCUT2D eigenvalue weighted by atomic mass is 32.2. The molecule has 0 saturated carbocycles. The first kappa shape index (κ1) is 25.8. The van der Waals surface area contributed by atoms with Crippen LogP contribution in [0, 0.1) is 5.92 Å². The number of sulfonamides is 1. The van der Waals surface area contributed by atoms with Gasteiger partial charge in [-0.25, -0.2) is 17.8 Å². The normalized spacial score (nSPS) is 16.3. The van der Waals surface area contributed by atoms with Gasteiger partial charge in [-0.1, -0.05) is 69.0 Å². The summed E-state index contributed by atoms with van der Waals surface area (Å²) in [6, 6.07) is 15.9. The summed E-state index contributed by atoms with van der Waals surface area (Å²) in [5, 5.41) is 9.48. The fourth-order valence-electron chi connectivity index (χ4n) is 4.25. The lowest BCUT2D eigenvalue weighted by atomic mass is 9.86. The van der Waals surface area contributed by atoms with Crippen molar-refractivity contribution in [3.05, 3.63) is 83.4 Å². The summed E-state index contributed by atoms with van der Waals surface area (Å²) >= 11 is 0. The first-order chi connectivity index (χ1) is 17.0. The molecule has 2 aromatic carbocycles. The Morgan fingerprint density at radius 1 is 1.14 bits per heavy atom. The highest BCUT2D eigenvalue weighted by molar-refractivity contribution is 7.92. The molecule has 1 aliphatic rings. The Balaban J connectivity index is 1.33. The molecular formula is C27H33N5O3S. The Morgan fingerprint density at radius 2 is 1.83 bits per heavy atom. The highest BCUT2D eigenvalue weighted by Gasteiger charge is 2.27. The molecule has 36 heavy (non-hydrogen) atoms. The summed E-state index contributed by atoms with van der Waals surface area (Å²) in [6.07, 6.45) is 2.69. The SMILES string of the molecule is C=CS(=O)(=O)NC[C@H]1CCN(C(=O)c2ccc(Cn3cc(-c4ccc(C(C)(C)C)cc4)nn3)cc2)C1. The van der Waals surface area contributed by atoms with Crippen LogP contribution in [0.2, 0.25) is 0 Å². The largest absolute Gasteiger partial charge is 0.338 e. The molecule has 8 nitrogen and oxygen atoms in total. The molecule has 1 fully saturated rings. The maximum absolute atomic E-state index is 12.9. The van der Waals surface area contributed by atoms with E-state index in [-0.39, 0.29) is 17.2 Å². The molecule has 0 spiro atoms. The molecule has 0 unspecified atom stereocenters. The van der Waals surface area contributed by atoms with Gasteiger partial charge in [-0.05, 0) is 41.0 Å². The molecule has 1 atom stereocenters. The second-order valence-electron chi connectivity index (χ2n) is 10.3. The molecule has 3 aromatic rings. The van der Waals surface area contributed by atoms with E-state index < -0.39 is 10.0 Å². The average Bonchev–Trinajstić information content (AvgIpc) is 3.52. The van der Waals surface area contributed by atoms with Gasteiger partial charge in [0.15, 0.2) is 0 Å². The Bertz CT molecular complexity index is 1320. The number of aromatic nitrogens is 3. The van der Waals surface area contributed by atoms with Crippen LogP contribution in [0.1, 0.15) is 48.7 Å². The molecule has 1 amide bonds. The predicted molar refractivity (Wildman–Crippen MR) is 141 cm³/mol. The summed E-state index contributed by atoms with van der Waals surface area (Å²) in [5.41, 5.74) is 4.85. The van der Waals surface area contributed by atoms with Gasteiger partial charge in [0.1, 0.15) is 5.69 Å². The minimum atomic E-state index is -3.45. The number of benzene rings is 2. The predicted octanol–water partition coefficient (Wildman–Crippen LogP) is 3.82. The molecule has 4 rings (SSSR count). The maximum atomic E-state index is 12.9. The van der Waals surface area contributed by atoms with Crippen LogP contribution < -0.4 is 4.72 Å². The topological polar surface area (TPSA) is 97.2 Å². The number of rotatable bonds is 8. The van der Waals surface area contributed by atoms with Crippen molar-refractivity contribution >= 4 is 15.9 Å². The van der Waals surface area contributed by atoms with Crippen molar-refractivity contribution < 1.29 is 13.2 Å². The zero-order valence-electron chi connectivity index (χ0n) is 21.0. The molecule has 2 heterocycles. The minimum Gasteiger partial charge on any atom is -0.338 e. The van der Waals surface area contributed by atoms with E-state index >= 15 is 0 Å². The van der Waals surface area contributed by atoms with Crippen molar-refractivity contribution in [1.82, 2.24) is 24.6 Å². The molecule has 190 valence electrons. The molecule has 0 aliphatic carbocycles. The van der Waals surface area contributed by atoms with Crippen LogP contribution in [0.25, 0.3) is 11.3 Å². The van der Waals surface area contributed by atoms with E-state index in [1.807, 2.05) is 30.5 Å². The molecule has 0 bridgehead atoms. The zero-order valence-corrected chi connectivity index (χ0v) is 21.8. The fraction of sp³-hybridized carbons (Fsp3) is 0.370. The van der Waals surface area contributed by atoms with Crippen LogP contribution in [0.5, 0.6) is 0 Å². The highest BCUT2D eigenvalue weighted by Crippen LogP contribution is 2.25. The van der Waals surface area contributed by atoms with Gasteiger partial charge in [-0.2, -0.15) is 0 Å². The van der Waals surface area contributed by atoms with E-state index in [9.17, 15) is 13.2 Å². The smallest absolute Gasteiger partial charge is 0.253 e. The van der Waals surface area contributed by atoms with Gasteiger partial charge in [0.05, 0.1) is 12.7 Å². The van der Waals surface area contributed by atoms with Gasteiger partial charge in [0.2, 0.25) is 10.0 Å². The third-order valence-corrected chi connectivity index (χ3v) is 7.50. The lowest BCUT2D eigenvalue weighted by Crippen LogP contribution is -2.32. The molecule has 1 aliphatic heterocycles. The van der Waals surface area contributed by atoms with Crippen molar-refractivity contribution in [2.75, 3.05) is 19.6 Å². The summed E-state index contributed by atoms with van der Waals surface area (Å²) in [6.45, 7) is 11.9. The molecule has 0 radical (unpaired) electrons.